The number of aromatic nitrogens is 2. The van der Waals surface area contributed by atoms with Crippen molar-refractivity contribution >= 4 is 17.5 Å². The minimum absolute atomic E-state index is 0.0613. The summed E-state index contributed by atoms with van der Waals surface area (Å²) in [6, 6.07) is 12.8. The van der Waals surface area contributed by atoms with Gasteiger partial charge in [-0.1, -0.05) is 29.8 Å². The van der Waals surface area contributed by atoms with Crippen LogP contribution in [0.15, 0.2) is 48.5 Å². The minimum atomic E-state index is -0.921. The van der Waals surface area contributed by atoms with Crippen molar-refractivity contribution < 1.29 is 18.7 Å². The van der Waals surface area contributed by atoms with Crippen LogP contribution >= 0.6 is 0 Å². The fourth-order valence-corrected chi connectivity index (χ4v) is 3.30. The molecule has 1 atom stereocenters. The lowest BCUT2D eigenvalue weighted by atomic mass is 10.1. The normalized spacial score (nSPS) is 15.9. The summed E-state index contributed by atoms with van der Waals surface area (Å²) in [7, 11) is 1.52. The number of nitrogens with one attached hydrogen (secondary N) is 2. The Kier molecular flexibility index (Phi) is 5.22. The van der Waals surface area contributed by atoms with Crippen LogP contribution in [0.5, 0.6) is 5.75 Å². The number of carbonyl (C=O) groups is 2. The number of fused-ring (bicyclic) bond motifs is 1. The molecule has 30 heavy (non-hydrogen) atoms. The number of rotatable bonds is 4. The van der Waals surface area contributed by atoms with Crippen LogP contribution in [0.3, 0.4) is 0 Å². The Hall–Kier alpha value is -3.68. The van der Waals surface area contributed by atoms with Crippen molar-refractivity contribution in [3.05, 3.63) is 76.9 Å². The standard InChI is InChI=1S/C22H21FN4O3/c1-13-3-5-14(6-4-13)9-16-11-17(26-25-16)21(28)24-18-12-30-20-8-7-15(23)10-19(20)27(2)22(18)29/h3-8,10-11,18H,9,12H2,1-2H3,(H,24,28)(H,25,26)/t18-/m0/s1. The summed E-state index contributed by atoms with van der Waals surface area (Å²) < 4.78 is 19.2. The van der Waals surface area contributed by atoms with E-state index >= 15 is 0 Å². The molecule has 1 aromatic heterocycles. The number of carbonyl (C=O) groups excluding carboxylic acids is 2. The van der Waals surface area contributed by atoms with Gasteiger partial charge in [-0.25, -0.2) is 4.39 Å². The van der Waals surface area contributed by atoms with E-state index < -0.39 is 23.7 Å². The van der Waals surface area contributed by atoms with Gasteiger partial charge < -0.3 is 15.0 Å². The molecule has 2 N–H and O–H groups in total. The van der Waals surface area contributed by atoms with Crippen LogP contribution in [0, 0.1) is 12.7 Å². The third-order valence-corrected chi connectivity index (χ3v) is 5.00. The lowest BCUT2D eigenvalue weighted by molar-refractivity contribution is -0.120. The van der Waals surface area contributed by atoms with Crippen LogP contribution < -0.4 is 15.0 Å². The molecule has 3 aromatic rings. The molecule has 1 aliphatic heterocycles. The molecule has 2 heterocycles. The predicted molar refractivity (Wildman–Crippen MR) is 109 cm³/mol. The van der Waals surface area contributed by atoms with Crippen molar-refractivity contribution in [1.29, 1.82) is 0 Å². The molecular formula is C22H21FN4O3. The molecular weight excluding hydrogens is 387 g/mol. The Labute approximate surface area is 172 Å². The smallest absolute Gasteiger partial charge is 0.272 e. The van der Waals surface area contributed by atoms with Gasteiger partial charge in [0.2, 0.25) is 0 Å². The van der Waals surface area contributed by atoms with Crippen LogP contribution in [-0.4, -0.2) is 41.7 Å². The Morgan fingerprint density at radius 2 is 2.03 bits per heavy atom. The van der Waals surface area contributed by atoms with Gasteiger partial charge in [-0.05, 0) is 30.7 Å². The van der Waals surface area contributed by atoms with E-state index in [2.05, 4.69) is 15.5 Å². The summed E-state index contributed by atoms with van der Waals surface area (Å²) in [5.74, 6) is -0.988. The number of halogens is 1. The van der Waals surface area contributed by atoms with Crippen LogP contribution in [-0.2, 0) is 11.2 Å². The monoisotopic (exact) mass is 408 g/mol. The second kappa shape index (κ2) is 7.98. The molecule has 0 bridgehead atoms. The van der Waals surface area contributed by atoms with Crippen LogP contribution in [0.2, 0.25) is 0 Å². The van der Waals surface area contributed by atoms with Crippen LogP contribution in [0.25, 0.3) is 0 Å². The van der Waals surface area contributed by atoms with Crippen molar-refractivity contribution in [2.24, 2.45) is 0 Å². The first-order valence-corrected chi connectivity index (χ1v) is 9.51. The molecule has 0 aliphatic carbocycles. The maximum Gasteiger partial charge on any atom is 0.272 e. The van der Waals surface area contributed by atoms with E-state index in [0.29, 0.717) is 17.9 Å². The van der Waals surface area contributed by atoms with E-state index in [4.69, 9.17) is 4.74 Å². The summed E-state index contributed by atoms with van der Waals surface area (Å²) >= 11 is 0. The van der Waals surface area contributed by atoms with Crippen molar-refractivity contribution in [3.63, 3.8) is 0 Å². The number of amides is 2. The molecule has 4 rings (SSSR count). The van der Waals surface area contributed by atoms with E-state index in [1.165, 1.54) is 35.7 Å². The second-order valence-corrected chi connectivity index (χ2v) is 7.29. The third kappa shape index (κ3) is 4.03. The van der Waals surface area contributed by atoms with Crippen molar-refractivity contribution in [3.8, 4) is 5.75 Å². The number of H-pyrrole nitrogens is 1. The van der Waals surface area contributed by atoms with Gasteiger partial charge in [0.25, 0.3) is 11.8 Å². The molecule has 2 aromatic carbocycles. The van der Waals surface area contributed by atoms with Crippen LogP contribution in [0.4, 0.5) is 10.1 Å². The quantitative estimate of drug-likeness (QED) is 0.695. The summed E-state index contributed by atoms with van der Waals surface area (Å²) in [5, 5.41) is 9.58. The Balaban J connectivity index is 1.44. The van der Waals surface area contributed by atoms with E-state index in [1.54, 1.807) is 6.07 Å². The molecule has 8 heteroatoms. The molecule has 0 spiro atoms. The molecule has 0 saturated carbocycles. The Morgan fingerprint density at radius 1 is 1.27 bits per heavy atom. The highest BCUT2D eigenvalue weighted by molar-refractivity contribution is 6.02. The van der Waals surface area contributed by atoms with Gasteiger partial charge in [-0.15, -0.1) is 0 Å². The number of hydrogen-bond donors (Lipinski definition) is 2. The summed E-state index contributed by atoms with van der Waals surface area (Å²) in [6.07, 6.45) is 0.607. The average Bonchev–Trinajstić information content (AvgIpc) is 3.17. The number of hydrogen-bond acceptors (Lipinski definition) is 4. The maximum absolute atomic E-state index is 13.6. The fraction of sp³-hybridized carbons (Fsp3) is 0.227. The zero-order valence-electron chi connectivity index (χ0n) is 16.6. The van der Waals surface area contributed by atoms with Gasteiger partial charge in [-0.3, -0.25) is 14.7 Å². The van der Waals surface area contributed by atoms with Gasteiger partial charge in [0.1, 0.15) is 29.9 Å². The minimum Gasteiger partial charge on any atom is -0.489 e. The molecule has 0 fully saturated rings. The summed E-state index contributed by atoms with van der Waals surface area (Å²) in [4.78, 5) is 26.7. The van der Waals surface area contributed by atoms with Gasteiger partial charge in [-0.2, -0.15) is 5.10 Å². The molecule has 0 unspecified atom stereocenters. The zero-order valence-corrected chi connectivity index (χ0v) is 16.6. The lowest BCUT2D eigenvalue weighted by Crippen LogP contribution is -2.49. The first-order chi connectivity index (χ1) is 14.4. The zero-order chi connectivity index (χ0) is 21.3. The first-order valence-electron chi connectivity index (χ1n) is 9.51. The molecule has 1 aliphatic rings. The summed E-state index contributed by atoms with van der Waals surface area (Å²) in [5.41, 5.74) is 3.55. The molecule has 2 amide bonds. The van der Waals surface area contributed by atoms with E-state index in [9.17, 15) is 14.0 Å². The van der Waals surface area contributed by atoms with E-state index in [1.807, 2.05) is 31.2 Å². The molecule has 154 valence electrons. The highest BCUT2D eigenvalue weighted by Crippen LogP contribution is 2.31. The second-order valence-electron chi connectivity index (χ2n) is 7.29. The highest BCUT2D eigenvalue weighted by atomic mass is 19.1. The van der Waals surface area contributed by atoms with Crippen molar-refractivity contribution in [2.45, 2.75) is 19.4 Å². The lowest BCUT2D eigenvalue weighted by Gasteiger charge is -2.20. The van der Waals surface area contributed by atoms with Crippen molar-refractivity contribution in [1.82, 2.24) is 15.5 Å². The van der Waals surface area contributed by atoms with Gasteiger partial charge in [0, 0.05) is 25.2 Å². The summed E-state index contributed by atoms with van der Waals surface area (Å²) in [6.45, 7) is 1.96. The fourth-order valence-electron chi connectivity index (χ4n) is 3.30. The number of aromatic amines is 1. The number of ether oxygens (including phenoxy) is 1. The Morgan fingerprint density at radius 3 is 2.80 bits per heavy atom. The number of benzene rings is 2. The first kappa shape index (κ1) is 19.6. The van der Waals surface area contributed by atoms with Gasteiger partial charge in [0.15, 0.2) is 0 Å². The number of anilines is 1. The van der Waals surface area contributed by atoms with Gasteiger partial charge >= 0.3 is 0 Å². The molecule has 7 nitrogen and oxygen atoms in total. The topological polar surface area (TPSA) is 87.3 Å². The average molecular weight is 408 g/mol. The SMILES string of the molecule is Cc1ccc(Cc2cc(C(=O)N[C@H]3COc4ccc(F)cc4N(C)C3=O)n[nH]2)cc1. The van der Waals surface area contributed by atoms with E-state index in [0.717, 1.165) is 11.3 Å². The maximum atomic E-state index is 13.6. The van der Waals surface area contributed by atoms with Crippen molar-refractivity contribution in [2.75, 3.05) is 18.6 Å². The number of nitrogens with zero attached hydrogens (tertiary/aromatic N) is 2. The largest absolute Gasteiger partial charge is 0.489 e. The third-order valence-electron chi connectivity index (χ3n) is 5.00. The number of likely N-dealkylation sites (N-methyl/N-ethyl adjacent to an activating group) is 1. The predicted octanol–water partition coefficient (Wildman–Crippen LogP) is 2.60. The number of aryl methyl sites for hydroxylation is 1. The molecule has 0 saturated heterocycles. The van der Waals surface area contributed by atoms with Gasteiger partial charge in [0.05, 0.1) is 5.69 Å². The Bertz CT molecular complexity index is 1090. The van der Waals surface area contributed by atoms with E-state index in [-0.39, 0.29) is 12.3 Å². The molecule has 0 radical (unpaired) electrons. The highest BCUT2D eigenvalue weighted by Gasteiger charge is 2.31. The van der Waals surface area contributed by atoms with Crippen LogP contribution in [0.1, 0.15) is 27.3 Å².